The van der Waals surface area contributed by atoms with E-state index in [4.69, 9.17) is 5.73 Å². The fourth-order valence-corrected chi connectivity index (χ4v) is 2.03. The third kappa shape index (κ3) is 3.57. The summed E-state index contributed by atoms with van der Waals surface area (Å²) in [4.78, 5) is 15.7. The molecular formula is C12H13N3OS. The van der Waals surface area contributed by atoms with Crippen LogP contribution in [-0.4, -0.2) is 10.9 Å². The van der Waals surface area contributed by atoms with Crippen LogP contribution in [0.3, 0.4) is 0 Å². The monoisotopic (exact) mass is 247 g/mol. The Morgan fingerprint density at radius 2 is 2.29 bits per heavy atom. The third-order valence-corrected chi connectivity index (χ3v) is 2.99. The van der Waals surface area contributed by atoms with Gasteiger partial charge in [-0.3, -0.25) is 9.78 Å². The Labute approximate surface area is 103 Å². The first-order chi connectivity index (χ1) is 8.24. The van der Waals surface area contributed by atoms with Crippen molar-refractivity contribution in [3.63, 3.8) is 0 Å². The number of rotatable bonds is 4. The molecule has 3 N–H and O–H groups in total. The number of nitrogens with two attached hydrogens (primary N) is 1. The van der Waals surface area contributed by atoms with Gasteiger partial charge in [-0.05, 0) is 34.5 Å². The smallest absolute Gasteiger partial charge is 0.226 e. The summed E-state index contributed by atoms with van der Waals surface area (Å²) in [5.41, 5.74) is 7.97. The normalized spacial score (nSPS) is 10.1. The second-order valence-electron chi connectivity index (χ2n) is 3.67. The number of pyridine rings is 1. The number of carbonyl (C=O) groups excluding carboxylic acids is 1. The molecule has 0 aliphatic heterocycles. The molecule has 0 fully saturated rings. The molecule has 5 heteroatoms. The summed E-state index contributed by atoms with van der Waals surface area (Å²) in [5.74, 6) is -0.0338. The predicted octanol–water partition coefficient (Wildman–Crippen LogP) is 1.58. The van der Waals surface area contributed by atoms with Crippen LogP contribution in [0.2, 0.25) is 0 Å². The average Bonchev–Trinajstić information content (AvgIpc) is 2.83. The maximum Gasteiger partial charge on any atom is 0.226 e. The Bertz CT molecular complexity index is 479. The zero-order valence-electron chi connectivity index (χ0n) is 9.22. The number of aromatic nitrogens is 1. The van der Waals surface area contributed by atoms with Gasteiger partial charge in [-0.25, -0.2) is 0 Å². The van der Waals surface area contributed by atoms with Gasteiger partial charge in [-0.2, -0.15) is 11.3 Å². The lowest BCUT2D eigenvalue weighted by atomic mass is 10.2. The fraction of sp³-hybridized carbons (Fsp3) is 0.167. The van der Waals surface area contributed by atoms with Gasteiger partial charge < -0.3 is 11.1 Å². The van der Waals surface area contributed by atoms with E-state index in [-0.39, 0.29) is 12.3 Å². The summed E-state index contributed by atoms with van der Waals surface area (Å²) < 4.78 is 0. The number of hydrogen-bond acceptors (Lipinski definition) is 4. The number of carbonyl (C=O) groups is 1. The van der Waals surface area contributed by atoms with Crippen LogP contribution in [0.1, 0.15) is 11.3 Å². The van der Waals surface area contributed by atoms with Crippen LogP contribution in [0.15, 0.2) is 35.2 Å². The molecule has 0 saturated heterocycles. The van der Waals surface area contributed by atoms with Crippen molar-refractivity contribution in [1.82, 2.24) is 10.3 Å². The Morgan fingerprint density at radius 3 is 2.94 bits per heavy atom. The van der Waals surface area contributed by atoms with E-state index in [1.165, 1.54) is 0 Å². The predicted molar refractivity (Wildman–Crippen MR) is 68.5 cm³/mol. The fourth-order valence-electron chi connectivity index (χ4n) is 1.36. The van der Waals surface area contributed by atoms with E-state index < -0.39 is 0 Å². The topological polar surface area (TPSA) is 68.0 Å². The summed E-state index contributed by atoms with van der Waals surface area (Å²) >= 11 is 1.62. The minimum Gasteiger partial charge on any atom is -0.397 e. The molecule has 0 aliphatic rings. The minimum atomic E-state index is -0.0338. The van der Waals surface area contributed by atoms with Crippen molar-refractivity contribution in [1.29, 1.82) is 0 Å². The van der Waals surface area contributed by atoms with Crippen molar-refractivity contribution in [2.45, 2.75) is 13.0 Å². The van der Waals surface area contributed by atoms with E-state index in [1.54, 1.807) is 29.7 Å². The van der Waals surface area contributed by atoms with Crippen molar-refractivity contribution < 1.29 is 4.79 Å². The molecule has 2 rings (SSSR count). The first kappa shape index (κ1) is 11.6. The molecule has 0 spiro atoms. The summed E-state index contributed by atoms with van der Waals surface area (Å²) in [6.07, 6.45) is 1.84. The Morgan fingerprint density at radius 1 is 1.41 bits per heavy atom. The number of amides is 1. The quantitative estimate of drug-likeness (QED) is 0.862. The molecule has 4 nitrogen and oxygen atoms in total. The summed E-state index contributed by atoms with van der Waals surface area (Å²) in [6, 6.07) is 5.50. The van der Waals surface area contributed by atoms with Crippen LogP contribution in [0.4, 0.5) is 5.69 Å². The van der Waals surface area contributed by atoms with Gasteiger partial charge in [0.1, 0.15) is 0 Å². The number of nitrogens with zero attached hydrogens (tertiary/aromatic N) is 1. The Balaban J connectivity index is 1.83. The maximum atomic E-state index is 11.6. The molecule has 2 aromatic heterocycles. The summed E-state index contributed by atoms with van der Waals surface area (Å²) in [6.45, 7) is 0.567. The lowest BCUT2D eigenvalue weighted by Crippen LogP contribution is -2.24. The molecule has 0 atom stereocenters. The van der Waals surface area contributed by atoms with E-state index in [0.717, 1.165) is 11.3 Å². The average molecular weight is 247 g/mol. The van der Waals surface area contributed by atoms with Crippen LogP contribution in [0.25, 0.3) is 0 Å². The highest BCUT2D eigenvalue weighted by molar-refractivity contribution is 7.07. The van der Waals surface area contributed by atoms with Crippen molar-refractivity contribution in [2.75, 3.05) is 5.73 Å². The van der Waals surface area contributed by atoms with Gasteiger partial charge in [0.2, 0.25) is 5.91 Å². The maximum absolute atomic E-state index is 11.6. The van der Waals surface area contributed by atoms with Crippen molar-refractivity contribution in [3.8, 4) is 0 Å². The molecule has 0 saturated carbocycles. The molecule has 0 radical (unpaired) electrons. The van der Waals surface area contributed by atoms with E-state index in [2.05, 4.69) is 10.3 Å². The molecule has 2 aromatic rings. The number of nitrogen functional groups attached to an aromatic ring is 1. The summed E-state index contributed by atoms with van der Waals surface area (Å²) in [5, 5.41) is 6.85. The highest BCUT2D eigenvalue weighted by Crippen LogP contribution is 2.05. The van der Waals surface area contributed by atoms with Crippen LogP contribution >= 0.6 is 11.3 Å². The molecule has 17 heavy (non-hydrogen) atoms. The Kier molecular flexibility index (Phi) is 3.72. The third-order valence-electron chi connectivity index (χ3n) is 2.26. The SMILES string of the molecule is Nc1ccc(CC(=O)NCc2ccsc2)nc1. The highest BCUT2D eigenvalue weighted by atomic mass is 32.1. The number of thiophene rings is 1. The lowest BCUT2D eigenvalue weighted by Gasteiger charge is -2.03. The van der Waals surface area contributed by atoms with Crippen LogP contribution < -0.4 is 11.1 Å². The molecule has 0 aliphatic carbocycles. The first-order valence-electron chi connectivity index (χ1n) is 5.22. The van der Waals surface area contributed by atoms with Crippen LogP contribution in [-0.2, 0) is 17.8 Å². The number of nitrogens with one attached hydrogen (secondary N) is 1. The highest BCUT2D eigenvalue weighted by Gasteiger charge is 2.04. The molecule has 2 heterocycles. The molecule has 0 aromatic carbocycles. The van der Waals surface area contributed by atoms with Gasteiger partial charge in [0.15, 0.2) is 0 Å². The molecule has 0 unspecified atom stereocenters. The van der Waals surface area contributed by atoms with Gasteiger partial charge in [0.25, 0.3) is 0 Å². The molecule has 88 valence electrons. The van der Waals surface area contributed by atoms with Gasteiger partial charge in [-0.1, -0.05) is 0 Å². The van der Waals surface area contributed by atoms with Crippen molar-refractivity contribution in [3.05, 3.63) is 46.4 Å². The second-order valence-corrected chi connectivity index (χ2v) is 4.45. The lowest BCUT2D eigenvalue weighted by molar-refractivity contribution is -0.120. The van der Waals surface area contributed by atoms with Crippen molar-refractivity contribution >= 4 is 22.9 Å². The van der Waals surface area contributed by atoms with E-state index >= 15 is 0 Å². The van der Waals surface area contributed by atoms with E-state index in [0.29, 0.717) is 12.2 Å². The van der Waals surface area contributed by atoms with Crippen molar-refractivity contribution in [2.24, 2.45) is 0 Å². The zero-order valence-corrected chi connectivity index (χ0v) is 10.0. The van der Waals surface area contributed by atoms with Crippen LogP contribution in [0, 0.1) is 0 Å². The van der Waals surface area contributed by atoms with Crippen LogP contribution in [0.5, 0.6) is 0 Å². The molecule has 1 amide bonds. The Hall–Kier alpha value is -1.88. The van der Waals surface area contributed by atoms with Gasteiger partial charge in [0.05, 0.1) is 18.3 Å². The second kappa shape index (κ2) is 5.45. The number of hydrogen-bond donors (Lipinski definition) is 2. The molecule has 0 bridgehead atoms. The number of anilines is 1. The van der Waals surface area contributed by atoms with E-state index in [9.17, 15) is 4.79 Å². The largest absolute Gasteiger partial charge is 0.397 e. The molecular weight excluding hydrogens is 234 g/mol. The van der Waals surface area contributed by atoms with Gasteiger partial charge in [-0.15, -0.1) is 0 Å². The van der Waals surface area contributed by atoms with Gasteiger partial charge >= 0.3 is 0 Å². The summed E-state index contributed by atoms with van der Waals surface area (Å²) in [7, 11) is 0. The van der Waals surface area contributed by atoms with Gasteiger partial charge in [0, 0.05) is 12.2 Å². The standard InChI is InChI=1S/C12H13N3OS/c13-10-1-2-11(14-7-10)5-12(16)15-6-9-3-4-17-8-9/h1-4,7-8H,5-6,13H2,(H,15,16). The first-order valence-corrected chi connectivity index (χ1v) is 6.16. The zero-order chi connectivity index (χ0) is 12.1. The van der Waals surface area contributed by atoms with E-state index in [1.807, 2.05) is 16.8 Å². The minimum absolute atomic E-state index is 0.0338.